The number of primary amides is 1. The van der Waals surface area contributed by atoms with Crippen molar-refractivity contribution in [1.82, 2.24) is 5.43 Å². The number of benzene rings is 1. The largest absolute Gasteiger partial charge is 0.350 e. The van der Waals surface area contributed by atoms with Crippen LogP contribution in [0.3, 0.4) is 0 Å². The van der Waals surface area contributed by atoms with Gasteiger partial charge in [0, 0.05) is 5.56 Å². The van der Waals surface area contributed by atoms with Gasteiger partial charge in [-0.2, -0.15) is 5.10 Å². The fourth-order valence-electron chi connectivity index (χ4n) is 1.66. The predicted octanol–water partition coefficient (Wildman–Crippen LogP) is 1.92. The minimum atomic E-state index is -0.657. The SMILES string of the molecule is Cc1cc(C)c(/C=N/NC(N)=O)c(C)c1C. The van der Waals surface area contributed by atoms with E-state index < -0.39 is 6.03 Å². The Bertz CT molecular complexity index is 450. The molecular weight excluding hydrogens is 202 g/mol. The van der Waals surface area contributed by atoms with Crippen molar-refractivity contribution in [3.8, 4) is 0 Å². The molecule has 0 fully saturated rings. The van der Waals surface area contributed by atoms with Gasteiger partial charge in [0.25, 0.3) is 0 Å². The quantitative estimate of drug-likeness (QED) is 0.579. The molecule has 0 aliphatic rings. The Morgan fingerprint density at radius 2 is 1.88 bits per heavy atom. The number of urea groups is 1. The van der Waals surface area contributed by atoms with Crippen molar-refractivity contribution in [2.45, 2.75) is 27.7 Å². The molecule has 0 aromatic heterocycles. The summed E-state index contributed by atoms with van der Waals surface area (Å²) < 4.78 is 0. The van der Waals surface area contributed by atoms with Crippen molar-refractivity contribution in [3.05, 3.63) is 33.9 Å². The number of hydrogen-bond acceptors (Lipinski definition) is 2. The molecule has 0 radical (unpaired) electrons. The van der Waals surface area contributed by atoms with Gasteiger partial charge in [-0.3, -0.25) is 0 Å². The lowest BCUT2D eigenvalue weighted by Gasteiger charge is -2.11. The van der Waals surface area contributed by atoms with E-state index in [9.17, 15) is 4.79 Å². The molecule has 0 aliphatic heterocycles. The van der Waals surface area contributed by atoms with Crippen LogP contribution in [0.15, 0.2) is 11.2 Å². The van der Waals surface area contributed by atoms with E-state index in [1.54, 1.807) is 6.21 Å². The molecule has 0 bridgehead atoms. The average Bonchev–Trinajstić information content (AvgIpc) is 2.19. The number of rotatable bonds is 2. The van der Waals surface area contributed by atoms with E-state index >= 15 is 0 Å². The average molecular weight is 219 g/mol. The third-order valence-corrected chi connectivity index (χ3v) is 2.78. The Morgan fingerprint density at radius 1 is 1.25 bits per heavy atom. The molecule has 3 N–H and O–H groups in total. The highest BCUT2D eigenvalue weighted by Crippen LogP contribution is 2.19. The number of carbonyl (C=O) groups excluding carboxylic acids is 1. The number of hydrazone groups is 1. The molecule has 2 amide bonds. The van der Waals surface area contributed by atoms with Crippen LogP contribution in [0.2, 0.25) is 0 Å². The third kappa shape index (κ3) is 2.59. The van der Waals surface area contributed by atoms with Gasteiger partial charge in [0.05, 0.1) is 6.21 Å². The Morgan fingerprint density at radius 3 is 2.44 bits per heavy atom. The van der Waals surface area contributed by atoms with Crippen LogP contribution < -0.4 is 11.2 Å². The van der Waals surface area contributed by atoms with Gasteiger partial charge < -0.3 is 5.73 Å². The molecule has 1 aromatic rings. The number of aryl methyl sites for hydroxylation is 2. The Balaban J connectivity index is 3.09. The topological polar surface area (TPSA) is 67.5 Å². The maximum absolute atomic E-state index is 10.5. The van der Waals surface area contributed by atoms with Crippen LogP contribution in [-0.2, 0) is 0 Å². The summed E-state index contributed by atoms with van der Waals surface area (Å²) in [5, 5.41) is 3.78. The summed E-state index contributed by atoms with van der Waals surface area (Å²) in [6.45, 7) is 8.22. The Labute approximate surface area is 95.5 Å². The molecule has 16 heavy (non-hydrogen) atoms. The summed E-state index contributed by atoms with van der Waals surface area (Å²) in [6.07, 6.45) is 1.63. The minimum absolute atomic E-state index is 0.657. The van der Waals surface area contributed by atoms with Crippen LogP contribution in [0, 0.1) is 27.7 Å². The number of nitrogens with zero attached hydrogens (tertiary/aromatic N) is 1. The first kappa shape index (κ1) is 12.2. The molecule has 0 heterocycles. The fraction of sp³-hybridized carbons (Fsp3) is 0.333. The van der Waals surface area contributed by atoms with Gasteiger partial charge in [0.15, 0.2) is 0 Å². The zero-order valence-electron chi connectivity index (χ0n) is 10.1. The van der Waals surface area contributed by atoms with Gasteiger partial charge in [0.1, 0.15) is 0 Å². The summed E-state index contributed by atoms with van der Waals surface area (Å²) in [6, 6.07) is 1.45. The summed E-state index contributed by atoms with van der Waals surface area (Å²) in [4.78, 5) is 10.5. The lowest BCUT2D eigenvalue weighted by molar-refractivity contribution is 0.249. The van der Waals surface area contributed by atoms with Crippen molar-refractivity contribution < 1.29 is 4.79 Å². The highest BCUT2D eigenvalue weighted by Gasteiger charge is 2.05. The maximum atomic E-state index is 10.5. The molecule has 1 rings (SSSR count). The monoisotopic (exact) mass is 219 g/mol. The summed E-state index contributed by atoms with van der Waals surface area (Å²) in [7, 11) is 0. The maximum Gasteiger partial charge on any atom is 0.332 e. The van der Waals surface area contributed by atoms with Crippen LogP contribution in [0.4, 0.5) is 4.79 Å². The number of amides is 2. The van der Waals surface area contributed by atoms with Gasteiger partial charge >= 0.3 is 6.03 Å². The molecule has 0 spiro atoms. The highest BCUT2D eigenvalue weighted by atomic mass is 16.2. The molecular formula is C12H17N3O. The minimum Gasteiger partial charge on any atom is -0.350 e. The van der Waals surface area contributed by atoms with Crippen LogP contribution in [0.5, 0.6) is 0 Å². The number of nitrogens with one attached hydrogen (secondary N) is 1. The van der Waals surface area contributed by atoms with Crippen molar-refractivity contribution in [3.63, 3.8) is 0 Å². The summed E-state index contributed by atoms with van der Waals surface area (Å²) in [5.74, 6) is 0. The van der Waals surface area contributed by atoms with E-state index in [2.05, 4.69) is 30.4 Å². The standard InChI is InChI=1S/C12H17N3O/c1-7-5-8(2)11(10(4)9(7)3)6-14-15-12(13)16/h5-6H,1-4H3,(H3,13,15,16)/b14-6+. The van der Waals surface area contributed by atoms with Crippen molar-refractivity contribution in [1.29, 1.82) is 0 Å². The second-order valence-electron chi connectivity index (χ2n) is 3.91. The predicted molar refractivity (Wildman–Crippen MR) is 65.7 cm³/mol. The third-order valence-electron chi connectivity index (χ3n) is 2.78. The molecule has 4 heteroatoms. The second kappa shape index (κ2) is 4.79. The van der Waals surface area contributed by atoms with Crippen molar-refractivity contribution in [2.24, 2.45) is 10.8 Å². The first-order valence-corrected chi connectivity index (χ1v) is 5.09. The van der Waals surface area contributed by atoms with Crippen LogP contribution >= 0.6 is 0 Å². The summed E-state index contributed by atoms with van der Waals surface area (Å²) >= 11 is 0. The molecule has 0 saturated heterocycles. The first-order chi connectivity index (χ1) is 7.43. The number of hydrogen-bond donors (Lipinski definition) is 2. The van der Waals surface area contributed by atoms with Crippen LogP contribution in [0.1, 0.15) is 27.8 Å². The highest BCUT2D eigenvalue weighted by molar-refractivity contribution is 5.85. The lowest BCUT2D eigenvalue weighted by Crippen LogP contribution is -2.24. The zero-order chi connectivity index (χ0) is 12.3. The van der Waals surface area contributed by atoms with E-state index in [0.29, 0.717) is 0 Å². The van der Waals surface area contributed by atoms with Crippen LogP contribution in [0.25, 0.3) is 0 Å². The van der Waals surface area contributed by atoms with E-state index in [4.69, 9.17) is 5.73 Å². The zero-order valence-corrected chi connectivity index (χ0v) is 10.1. The van der Waals surface area contributed by atoms with Gasteiger partial charge in [0.2, 0.25) is 0 Å². The molecule has 0 unspecified atom stereocenters. The molecule has 0 aliphatic carbocycles. The molecule has 1 aromatic carbocycles. The normalized spacial score (nSPS) is 10.8. The van der Waals surface area contributed by atoms with Crippen molar-refractivity contribution >= 4 is 12.2 Å². The number of nitrogens with two attached hydrogens (primary N) is 1. The molecule has 0 saturated carbocycles. The van der Waals surface area contributed by atoms with Crippen LogP contribution in [-0.4, -0.2) is 12.2 Å². The molecule has 0 atom stereocenters. The number of carbonyl (C=O) groups is 1. The lowest BCUT2D eigenvalue weighted by atomic mass is 9.95. The van der Waals surface area contributed by atoms with E-state index in [0.717, 1.165) is 11.1 Å². The Hall–Kier alpha value is -1.84. The Kier molecular flexibility index (Phi) is 3.66. The van der Waals surface area contributed by atoms with Crippen molar-refractivity contribution in [2.75, 3.05) is 0 Å². The van der Waals surface area contributed by atoms with E-state index in [1.807, 2.05) is 13.8 Å². The molecule has 4 nitrogen and oxygen atoms in total. The van der Waals surface area contributed by atoms with Gasteiger partial charge in [-0.15, -0.1) is 0 Å². The fourth-order valence-corrected chi connectivity index (χ4v) is 1.66. The van der Waals surface area contributed by atoms with Gasteiger partial charge in [-0.1, -0.05) is 6.07 Å². The smallest absolute Gasteiger partial charge is 0.332 e. The van der Waals surface area contributed by atoms with Gasteiger partial charge in [-0.05, 0) is 49.9 Å². The van der Waals surface area contributed by atoms with E-state index in [1.165, 1.54) is 16.7 Å². The van der Waals surface area contributed by atoms with Gasteiger partial charge in [-0.25, -0.2) is 10.2 Å². The second-order valence-corrected chi connectivity index (χ2v) is 3.91. The van der Waals surface area contributed by atoms with E-state index in [-0.39, 0.29) is 0 Å². The molecule has 86 valence electrons. The summed E-state index contributed by atoms with van der Waals surface area (Å²) in [5.41, 5.74) is 12.9. The first-order valence-electron chi connectivity index (χ1n) is 5.09.